The Morgan fingerprint density at radius 2 is 0.547 bits per heavy atom. The molecule has 6 rings (SSSR count). The predicted molar refractivity (Wildman–Crippen MR) is 326 cm³/mol. The van der Waals surface area contributed by atoms with E-state index in [1.165, 1.54) is 63.8 Å². The summed E-state index contributed by atoms with van der Waals surface area (Å²) in [5, 5.41) is 0. The molecular weight excluding hydrogens is 1270 g/mol. The van der Waals surface area contributed by atoms with E-state index >= 15 is 0 Å². The van der Waals surface area contributed by atoms with Crippen LogP contribution in [-0.2, 0) is 156 Å². The van der Waals surface area contributed by atoms with Gasteiger partial charge in [-0.2, -0.15) is 0 Å². The Kier molecular flexibility index (Phi) is 39.8. The maximum atomic E-state index is 11.6. The van der Waals surface area contributed by atoms with Crippen molar-refractivity contribution in [2.24, 2.45) is 0 Å². The van der Waals surface area contributed by atoms with Gasteiger partial charge in [-0.3, -0.25) is 4.79 Å². The van der Waals surface area contributed by atoms with Crippen molar-refractivity contribution in [2.75, 3.05) is 187 Å². The zero-order valence-electron chi connectivity index (χ0n) is 58.5. The van der Waals surface area contributed by atoms with Crippen molar-refractivity contribution in [3.05, 3.63) is 25.3 Å². The second kappa shape index (κ2) is 44.8. The second-order valence-corrected chi connectivity index (χ2v) is 22.1. The van der Waals surface area contributed by atoms with E-state index in [0.29, 0.717) is 19.8 Å². The fourth-order valence-corrected chi connectivity index (χ4v) is 12.3. The Balaban J connectivity index is 0.000000303. The summed E-state index contributed by atoms with van der Waals surface area (Å²) in [7, 11) is 28.0. The molecule has 0 aromatic heterocycles. The van der Waals surface area contributed by atoms with E-state index in [0.717, 1.165) is 12.2 Å². The number of hydrogen-bond donors (Lipinski definition) is 0. The summed E-state index contributed by atoms with van der Waals surface area (Å²) in [6, 6.07) is 0. The first-order valence-corrected chi connectivity index (χ1v) is 30.8. The van der Waals surface area contributed by atoms with Gasteiger partial charge in [0.15, 0.2) is 18.9 Å². The van der Waals surface area contributed by atoms with Crippen molar-refractivity contribution in [1.82, 2.24) is 0 Å². The lowest BCUT2D eigenvalue weighted by atomic mass is 9.97. The van der Waals surface area contributed by atoms with Crippen LogP contribution in [0.15, 0.2) is 25.3 Å². The van der Waals surface area contributed by atoms with Crippen LogP contribution in [0.5, 0.6) is 0 Å². The Morgan fingerprint density at radius 3 is 0.747 bits per heavy atom. The van der Waals surface area contributed by atoms with Crippen LogP contribution in [0.3, 0.4) is 0 Å². The summed E-state index contributed by atoms with van der Waals surface area (Å²) in [6.07, 6.45) is -13.3. The number of methoxy groups -OCH3 is 18. The third-order valence-corrected chi connectivity index (χ3v) is 17.0. The monoisotopic (exact) mass is 1380 g/mol. The fraction of sp³-hybridized carbons (Fsp3) is 0.887. The van der Waals surface area contributed by atoms with Gasteiger partial charge in [-0.15, -0.1) is 0 Å². The highest BCUT2D eigenvalue weighted by molar-refractivity contribution is 5.81. The highest BCUT2D eigenvalue weighted by atomic mass is 16.8. The molecule has 0 saturated carbocycles. The molecule has 27 atom stereocenters. The van der Waals surface area contributed by atoms with Gasteiger partial charge in [-0.25, -0.2) is 9.59 Å². The Labute approximate surface area is 557 Å². The molecule has 6 heterocycles. The average molecular weight is 1380 g/mol. The summed E-state index contributed by atoms with van der Waals surface area (Å²) in [4.78, 5) is 34.6. The maximum Gasteiger partial charge on any atom is 0.330 e. The van der Waals surface area contributed by atoms with E-state index in [9.17, 15) is 14.4 Å². The van der Waals surface area contributed by atoms with Gasteiger partial charge in [-0.05, 0) is 0 Å². The molecule has 6 fully saturated rings. The van der Waals surface area contributed by atoms with Crippen LogP contribution in [0, 0.1) is 0 Å². The van der Waals surface area contributed by atoms with Gasteiger partial charge in [0.2, 0.25) is 0 Å². The second-order valence-electron chi connectivity index (χ2n) is 22.1. The van der Waals surface area contributed by atoms with E-state index in [4.69, 9.17) is 142 Å². The lowest BCUT2D eigenvalue weighted by Gasteiger charge is -2.48. The summed E-state index contributed by atoms with van der Waals surface area (Å²) in [5.41, 5.74) is 0. The molecule has 6 aliphatic heterocycles. The van der Waals surface area contributed by atoms with Crippen molar-refractivity contribution in [2.45, 2.75) is 172 Å². The molecule has 95 heavy (non-hydrogen) atoms. The Morgan fingerprint density at radius 1 is 0.305 bits per heavy atom. The van der Waals surface area contributed by atoms with Crippen LogP contribution in [0.4, 0.5) is 0 Å². The highest BCUT2D eigenvalue weighted by Gasteiger charge is 2.55. The molecule has 0 aliphatic carbocycles. The smallest absolute Gasteiger partial charge is 0.330 e. The van der Waals surface area contributed by atoms with Crippen molar-refractivity contribution in [1.29, 1.82) is 0 Å². The van der Waals surface area contributed by atoms with Crippen LogP contribution >= 0.6 is 0 Å². The number of carbonyl (C=O) groups is 3. The van der Waals surface area contributed by atoms with E-state index < -0.39 is 165 Å². The minimum atomic E-state index is -0.912. The van der Waals surface area contributed by atoms with Gasteiger partial charge in [0.05, 0.1) is 39.6 Å². The lowest BCUT2D eigenvalue weighted by Crippen LogP contribution is -2.64. The first-order valence-electron chi connectivity index (χ1n) is 30.8. The van der Waals surface area contributed by atoms with Crippen LogP contribution in [0.25, 0.3) is 0 Å². The van der Waals surface area contributed by atoms with Gasteiger partial charge in [0, 0.05) is 147 Å². The maximum absolute atomic E-state index is 11.6. The zero-order chi connectivity index (χ0) is 70.3. The first-order chi connectivity index (χ1) is 45.9. The van der Waals surface area contributed by atoms with E-state index in [1.54, 1.807) is 71.1 Å². The number of carbonyl (C=O) groups excluding carboxylic acids is 3. The molecule has 0 bridgehead atoms. The number of rotatable bonds is 35. The third kappa shape index (κ3) is 22.7. The third-order valence-electron chi connectivity index (χ3n) is 17.0. The summed E-state index contributed by atoms with van der Waals surface area (Å²) in [6.45, 7) is 9.77. The zero-order valence-corrected chi connectivity index (χ0v) is 58.5. The molecule has 27 unspecified atom stereocenters. The van der Waals surface area contributed by atoms with Crippen molar-refractivity contribution in [3.8, 4) is 0 Å². The van der Waals surface area contributed by atoms with Gasteiger partial charge in [0.1, 0.15) is 166 Å². The van der Waals surface area contributed by atoms with Crippen molar-refractivity contribution in [3.63, 3.8) is 0 Å². The molecular formula is C62H108O33. The molecule has 0 radical (unpaired) electrons. The number of ether oxygens (including phenoxy) is 30. The number of esters is 3. The van der Waals surface area contributed by atoms with Crippen LogP contribution in [0.2, 0.25) is 0 Å². The molecule has 6 saturated heterocycles. The summed E-state index contributed by atoms with van der Waals surface area (Å²) in [5.74, 6) is -1.58. The summed E-state index contributed by atoms with van der Waals surface area (Å²) < 4.78 is 171. The molecule has 0 aromatic carbocycles. The van der Waals surface area contributed by atoms with Gasteiger partial charge < -0.3 is 142 Å². The molecule has 554 valence electrons. The Bertz CT molecular complexity index is 2040. The van der Waals surface area contributed by atoms with Crippen molar-refractivity contribution >= 4 is 17.9 Å². The molecule has 0 amide bonds. The predicted octanol–water partition coefficient (Wildman–Crippen LogP) is -0.328. The normalized spacial score (nSPS) is 38.1. The largest absolute Gasteiger partial charge is 0.463 e. The topological polar surface area (TPSA) is 328 Å². The average Bonchev–Trinajstić information content (AvgIpc) is 0.805. The Hall–Kier alpha value is -3.19. The highest BCUT2D eigenvalue weighted by Crippen LogP contribution is 2.36. The van der Waals surface area contributed by atoms with E-state index in [1.807, 2.05) is 0 Å². The minimum Gasteiger partial charge on any atom is -0.463 e. The fourth-order valence-electron chi connectivity index (χ4n) is 12.3. The van der Waals surface area contributed by atoms with E-state index in [-0.39, 0.29) is 58.0 Å². The molecule has 0 N–H and O–H groups in total. The quantitative estimate of drug-likeness (QED) is 0.0445. The molecule has 33 heteroatoms. The van der Waals surface area contributed by atoms with Gasteiger partial charge in [0.25, 0.3) is 0 Å². The summed E-state index contributed by atoms with van der Waals surface area (Å²) >= 11 is 0. The van der Waals surface area contributed by atoms with E-state index in [2.05, 4.69) is 13.2 Å². The number of hydrogen-bond acceptors (Lipinski definition) is 33. The lowest BCUT2D eigenvalue weighted by molar-refractivity contribution is -0.345. The molecule has 6 aliphatic rings. The van der Waals surface area contributed by atoms with Crippen LogP contribution in [0.1, 0.15) is 6.92 Å². The van der Waals surface area contributed by atoms with Gasteiger partial charge in [-0.1, -0.05) is 13.2 Å². The van der Waals surface area contributed by atoms with Crippen LogP contribution < -0.4 is 0 Å². The SMILES string of the molecule is C=CC(=O)OCC1OC(OC2C(COC)OCC(OC)C2OC)C(OC)C(OC)C1OC.C=CC(=O)OCC1OC(OC2C(COC)OCC(OC)C2OC)C(OC)C(OC)C1OC.COCC1OCC(OC)C(OC)C1OC1OC(COC(C)=O)C(OC)C(OC)C1OC. The standard InChI is InChI=1S/2C21H36O11.C20H36O11/c2*1-8-15(22)30-11-14-17(26-5)19(27-6)20(28-7)21(31-14)32-18-13(9-23-2)29-10-12(24-3)16(18)25-4;1-11(21)28-10-14-16(25-5)18(26-6)19(27-7)20(30-14)31-17-13(8-22-2)29-9-12(23-3)15(17)24-4/h2*8,12-14,16-21H,1,9-11H2,2-7H3;12-20H,8-10H2,1-7H3. The van der Waals surface area contributed by atoms with Crippen LogP contribution in [-0.4, -0.2) is 371 Å². The molecule has 0 aromatic rings. The van der Waals surface area contributed by atoms with Crippen molar-refractivity contribution < 1.29 is 156 Å². The molecule has 33 nitrogen and oxygen atoms in total. The van der Waals surface area contributed by atoms with Gasteiger partial charge >= 0.3 is 17.9 Å². The molecule has 0 spiro atoms. The minimum absolute atomic E-state index is 0.0267. The first kappa shape index (κ1) is 84.2.